The number of sulfonamides is 1. The molecule has 5 nitrogen and oxygen atoms in total. The number of halogens is 1. The normalized spacial score (nSPS) is 13.2. The average Bonchev–Trinajstić information content (AvgIpc) is 2.64. The van der Waals surface area contributed by atoms with Gasteiger partial charge >= 0.3 is 5.97 Å². The molecule has 1 aromatic heterocycles. The first-order chi connectivity index (χ1) is 7.86. The highest BCUT2D eigenvalue weighted by atomic mass is 35.5. The summed E-state index contributed by atoms with van der Waals surface area (Å²) in [5.74, 6) is -1.25. The highest BCUT2D eigenvalue weighted by Crippen LogP contribution is 2.25. The summed E-state index contributed by atoms with van der Waals surface area (Å²) >= 11 is 6.48. The second kappa shape index (κ2) is 5.63. The third-order valence-electron chi connectivity index (χ3n) is 1.81. The Morgan fingerprint density at radius 1 is 1.65 bits per heavy atom. The van der Waals surface area contributed by atoms with E-state index in [9.17, 15) is 13.2 Å². The molecular weight excluding hydrogens is 286 g/mol. The lowest BCUT2D eigenvalue weighted by Gasteiger charge is -2.11. The molecule has 1 rings (SSSR count). The standard InChI is InChI=1S/C9H10ClNO4S2/c1-2-3-6(9(12)13)11-17(14,15)8-5-4-7(10)16-8/h2,4-6,11H,1,3H2,(H,12,13). The lowest BCUT2D eigenvalue weighted by molar-refractivity contribution is -0.138. The van der Waals surface area contributed by atoms with Crippen LogP contribution in [0.4, 0.5) is 0 Å². The molecule has 0 fully saturated rings. The molecule has 2 N–H and O–H groups in total. The van der Waals surface area contributed by atoms with Crippen LogP contribution in [0.15, 0.2) is 29.0 Å². The van der Waals surface area contributed by atoms with E-state index in [4.69, 9.17) is 16.7 Å². The van der Waals surface area contributed by atoms with Gasteiger partial charge < -0.3 is 5.11 Å². The van der Waals surface area contributed by atoms with Crippen LogP contribution in [0, 0.1) is 0 Å². The van der Waals surface area contributed by atoms with E-state index in [-0.39, 0.29) is 10.6 Å². The largest absolute Gasteiger partial charge is 0.480 e. The molecule has 17 heavy (non-hydrogen) atoms. The van der Waals surface area contributed by atoms with Crippen LogP contribution in [-0.2, 0) is 14.8 Å². The van der Waals surface area contributed by atoms with Gasteiger partial charge in [0.1, 0.15) is 10.3 Å². The van der Waals surface area contributed by atoms with Gasteiger partial charge in [-0.2, -0.15) is 4.72 Å². The summed E-state index contributed by atoms with van der Waals surface area (Å²) in [7, 11) is -3.85. The molecule has 0 saturated carbocycles. The first kappa shape index (κ1) is 14.2. The number of thiophene rings is 1. The summed E-state index contributed by atoms with van der Waals surface area (Å²) in [6.45, 7) is 3.37. The summed E-state index contributed by atoms with van der Waals surface area (Å²) in [4.78, 5) is 10.8. The van der Waals surface area contributed by atoms with Gasteiger partial charge in [0, 0.05) is 0 Å². The average molecular weight is 296 g/mol. The fourth-order valence-electron chi connectivity index (χ4n) is 1.05. The quantitative estimate of drug-likeness (QED) is 0.783. The summed E-state index contributed by atoms with van der Waals surface area (Å²) in [6.07, 6.45) is 1.34. The van der Waals surface area contributed by atoms with E-state index in [0.29, 0.717) is 4.34 Å². The zero-order valence-corrected chi connectivity index (χ0v) is 11.0. The number of aliphatic carboxylic acids is 1. The Labute approximate surface area is 108 Å². The van der Waals surface area contributed by atoms with E-state index < -0.39 is 22.0 Å². The molecular formula is C9H10ClNO4S2. The van der Waals surface area contributed by atoms with Gasteiger partial charge in [-0.25, -0.2) is 8.42 Å². The van der Waals surface area contributed by atoms with Crippen molar-refractivity contribution in [3.63, 3.8) is 0 Å². The Morgan fingerprint density at radius 3 is 2.71 bits per heavy atom. The molecule has 0 saturated heterocycles. The Morgan fingerprint density at radius 2 is 2.29 bits per heavy atom. The van der Waals surface area contributed by atoms with Gasteiger partial charge in [0.25, 0.3) is 10.0 Å². The zero-order chi connectivity index (χ0) is 13.1. The number of rotatable bonds is 6. The van der Waals surface area contributed by atoms with Gasteiger partial charge in [-0.15, -0.1) is 17.9 Å². The van der Waals surface area contributed by atoms with Crippen molar-refractivity contribution in [1.29, 1.82) is 0 Å². The van der Waals surface area contributed by atoms with Crippen LogP contribution in [0.1, 0.15) is 6.42 Å². The highest BCUT2D eigenvalue weighted by Gasteiger charge is 2.25. The molecule has 0 aromatic carbocycles. The number of carboxylic acid groups (broad SMARTS) is 1. The Balaban J connectivity index is 2.92. The minimum absolute atomic E-state index is 0.00761. The second-order valence-corrected chi connectivity index (χ2v) is 6.75. The summed E-state index contributed by atoms with van der Waals surface area (Å²) in [5.41, 5.74) is 0. The predicted molar refractivity (Wildman–Crippen MR) is 65.9 cm³/mol. The number of nitrogens with one attached hydrogen (secondary N) is 1. The lowest BCUT2D eigenvalue weighted by atomic mass is 10.2. The zero-order valence-electron chi connectivity index (χ0n) is 8.59. The fourth-order valence-corrected chi connectivity index (χ4v) is 3.75. The molecule has 0 amide bonds. The van der Waals surface area contributed by atoms with E-state index in [1.807, 2.05) is 0 Å². The number of carboxylic acids is 1. The van der Waals surface area contributed by atoms with Crippen molar-refractivity contribution in [2.24, 2.45) is 0 Å². The van der Waals surface area contributed by atoms with Crippen LogP contribution >= 0.6 is 22.9 Å². The maximum absolute atomic E-state index is 11.8. The first-order valence-corrected chi connectivity index (χ1v) is 7.16. The molecule has 1 unspecified atom stereocenters. The van der Waals surface area contributed by atoms with Crippen molar-refractivity contribution in [1.82, 2.24) is 4.72 Å². The van der Waals surface area contributed by atoms with Crippen molar-refractivity contribution in [2.45, 2.75) is 16.7 Å². The highest BCUT2D eigenvalue weighted by molar-refractivity contribution is 7.91. The van der Waals surface area contributed by atoms with Gasteiger partial charge in [-0.3, -0.25) is 4.79 Å². The smallest absolute Gasteiger partial charge is 0.322 e. The van der Waals surface area contributed by atoms with Crippen molar-refractivity contribution in [2.75, 3.05) is 0 Å². The third kappa shape index (κ3) is 3.81. The Hall–Kier alpha value is -0.890. The number of carbonyl (C=O) groups is 1. The Kier molecular flexibility index (Phi) is 4.70. The van der Waals surface area contributed by atoms with Crippen molar-refractivity contribution in [3.8, 4) is 0 Å². The SMILES string of the molecule is C=CCC(NS(=O)(=O)c1ccc(Cl)s1)C(=O)O. The van der Waals surface area contributed by atoms with Gasteiger partial charge in [0.2, 0.25) is 0 Å². The van der Waals surface area contributed by atoms with Crippen LogP contribution in [0.3, 0.4) is 0 Å². The third-order valence-corrected chi connectivity index (χ3v) is 5.01. The van der Waals surface area contributed by atoms with Crippen molar-refractivity contribution in [3.05, 3.63) is 29.1 Å². The summed E-state index contributed by atoms with van der Waals surface area (Å²) in [6, 6.07) is 1.53. The molecule has 0 aliphatic carbocycles. The monoisotopic (exact) mass is 295 g/mol. The minimum Gasteiger partial charge on any atom is -0.480 e. The Bertz CT molecular complexity index is 523. The van der Waals surface area contributed by atoms with E-state index in [1.165, 1.54) is 18.2 Å². The molecule has 1 atom stereocenters. The number of hydrogen-bond donors (Lipinski definition) is 2. The van der Waals surface area contributed by atoms with Gasteiger partial charge in [0.05, 0.1) is 4.34 Å². The molecule has 0 aliphatic rings. The van der Waals surface area contributed by atoms with Crippen molar-refractivity contribution < 1.29 is 18.3 Å². The van der Waals surface area contributed by atoms with Crippen LogP contribution in [-0.4, -0.2) is 25.5 Å². The number of hydrogen-bond acceptors (Lipinski definition) is 4. The van der Waals surface area contributed by atoms with Crippen LogP contribution < -0.4 is 4.72 Å². The molecule has 1 heterocycles. The van der Waals surface area contributed by atoms with Gasteiger partial charge in [-0.1, -0.05) is 17.7 Å². The summed E-state index contributed by atoms with van der Waals surface area (Å²) in [5, 5.41) is 8.82. The van der Waals surface area contributed by atoms with Gasteiger partial charge in [0.15, 0.2) is 0 Å². The van der Waals surface area contributed by atoms with E-state index in [2.05, 4.69) is 11.3 Å². The molecule has 0 bridgehead atoms. The van der Waals surface area contributed by atoms with E-state index >= 15 is 0 Å². The van der Waals surface area contributed by atoms with Crippen LogP contribution in [0.5, 0.6) is 0 Å². The molecule has 94 valence electrons. The molecule has 0 aliphatic heterocycles. The predicted octanol–water partition coefficient (Wildman–Crippen LogP) is 1.71. The van der Waals surface area contributed by atoms with Crippen LogP contribution in [0.2, 0.25) is 4.34 Å². The van der Waals surface area contributed by atoms with Crippen molar-refractivity contribution >= 4 is 38.9 Å². The minimum atomic E-state index is -3.85. The molecule has 1 aromatic rings. The molecule has 8 heteroatoms. The molecule has 0 radical (unpaired) electrons. The maximum Gasteiger partial charge on any atom is 0.322 e. The molecule has 0 spiro atoms. The van der Waals surface area contributed by atoms with Gasteiger partial charge in [-0.05, 0) is 18.6 Å². The maximum atomic E-state index is 11.8. The fraction of sp³-hybridized carbons (Fsp3) is 0.222. The van der Waals surface area contributed by atoms with E-state index in [1.54, 1.807) is 0 Å². The first-order valence-electron chi connectivity index (χ1n) is 4.48. The van der Waals surface area contributed by atoms with Crippen LogP contribution in [0.25, 0.3) is 0 Å². The van der Waals surface area contributed by atoms with E-state index in [0.717, 1.165) is 11.3 Å². The summed E-state index contributed by atoms with van der Waals surface area (Å²) < 4.78 is 25.9. The second-order valence-electron chi connectivity index (χ2n) is 3.10. The lowest BCUT2D eigenvalue weighted by Crippen LogP contribution is -2.40. The topological polar surface area (TPSA) is 83.5 Å².